The highest BCUT2D eigenvalue weighted by Gasteiger charge is 1.88. The molecule has 0 nitrogen and oxygen atoms in total. The normalized spacial score (nSPS) is 11.8. The molecule has 0 heterocycles. The number of allylic oxidation sites excluding steroid dienone is 7. The van der Waals surface area contributed by atoms with E-state index in [1.807, 2.05) is 6.08 Å². The van der Waals surface area contributed by atoms with E-state index in [-0.39, 0.29) is 0 Å². The fraction of sp³-hybridized carbons (Fsp3) is 0.556. The van der Waals surface area contributed by atoms with Crippen LogP contribution in [0.3, 0.4) is 0 Å². The molecule has 0 aromatic heterocycles. The van der Waals surface area contributed by atoms with Gasteiger partial charge in [0.2, 0.25) is 0 Å². The Morgan fingerprint density at radius 1 is 1.00 bits per heavy atom. The molecule has 0 aromatic rings. The summed E-state index contributed by atoms with van der Waals surface area (Å²) in [6.45, 7) is 10.4. The smallest absolute Gasteiger partial charge is 0.0161 e. The largest absolute Gasteiger partial charge is 0.103 e. The van der Waals surface area contributed by atoms with Crippen molar-refractivity contribution in [3.63, 3.8) is 0 Å². The van der Waals surface area contributed by atoms with Crippen LogP contribution in [0.5, 0.6) is 0 Å². The Labute approximate surface area is 114 Å². The second kappa shape index (κ2) is 12.4. The minimum atomic E-state index is 1.07. The van der Waals surface area contributed by atoms with Crippen LogP contribution in [0, 0.1) is 0 Å². The molecule has 0 atom stereocenters. The maximum atomic E-state index is 3.74. The Balaban J connectivity index is 3.85. The van der Waals surface area contributed by atoms with Gasteiger partial charge in [-0.15, -0.1) is 6.58 Å². The maximum Gasteiger partial charge on any atom is -0.0161 e. The molecule has 0 aliphatic carbocycles. The summed E-state index contributed by atoms with van der Waals surface area (Å²) in [5.41, 5.74) is 2.94. The Bertz CT molecular complexity index is 283. The molecule has 102 valence electrons. The zero-order valence-corrected chi connectivity index (χ0v) is 12.5. The summed E-state index contributed by atoms with van der Waals surface area (Å²) in [6.07, 6.45) is 19.5. The van der Waals surface area contributed by atoms with Crippen LogP contribution in [-0.4, -0.2) is 0 Å². The van der Waals surface area contributed by atoms with Crippen LogP contribution in [-0.2, 0) is 0 Å². The molecule has 0 spiro atoms. The third kappa shape index (κ3) is 10.1. The van der Waals surface area contributed by atoms with Crippen molar-refractivity contribution in [1.29, 1.82) is 0 Å². The summed E-state index contributed by atoms with van der Waals surface area (Å²) in [7, 11) is 0. The van der Waals surface area contributed by atoms with Crippen LogP contribution >= 0.6 is 0 Å². The van der Waals surface area contributed by atoms with Gasteiger partial charge >= 0.3 is 0 Å². The molecule has 0 rings (SSSR count). The molecular formula is C18H30. The third-order valence-corrected chi connectivity index (χ3v) is 3.16. The number of hydrogen-bond donors (Lipinski definition) is 0. The molecule has 0 fully saturated rings. The summed E-state index contributed by atoms with van der Waals surface area (Å²) in [6, 6.07) is 0. The monoisotopic (exact) mass is 246 g/mol. The van der Waals surface area contributed by atoms with Crippen LogP contribution in [0.15, 0.2) is 48.1 Å². The molecule has 0 aliphatic rings. The van der Waals surface area contributed by atoms with Gasteiger partial charge in [0.1, 0.15) is 0 Å². The number of rotatable bonds is 10. The molecule has 18 heavy (non-hydrogen) atoms. The van der Waals surface area contributed by atoms with Gasteiger partial charge in [-0.1, -0.05) is 55.4 Å². The van der Waals surface area contributed by atoms with E-state index in [4.69, 9.17) is 0 Å². The van der Waals surface area contributed by atoms with Crippen molar-refractivity contribution in [1.82, 2.24) is 0 Å². The van der Waals surface area contributed by atoms with Gasteiger partial charge in [-0.05, 0) is 51.9 Å². The third-order valence-electron chi connectivity index (χ3n) is 3.16. The van der Waals surface area contributed by atoms with E-state index in [0.29, 0.717) is 0 Å². The van der Waals surface area contributed by atoms with Crippen LogP contribution < -0.4 is 0 Å². The first kappa shape index (κ1) is 17.0. The van der Waals surface area contributed by atoms with E-state index in [1.54, 1.807) is 5.57 Å². The van der Waals surface area contributed by atoms with Crippen molar-refractivity contribution < 1.29 is 0 Å². The highest BCUT2D eigenvalue weighted by Crippen LogP contribution is 2.09. The van der Waals surface area contributed by atoms with E-state index in [1.165, 1.54) is 37.7 Å². The standard InChI is InChI=1S/C18H30/c1-5-8-9-10-11-12-14-17(4)15-13-16-18(6-2)7-3/h5,12,14-16H,1,6-11,13H2,2-4H3/b14-12+,17-15+. The molecule has 0 radical (unpaired) electrons. The second-order valence-corrected chi connectivity index (χ2v) is 4.73. The van der Waals surface area contributed by atoms with Crippen molar-refractivity contribution in [3.8, 4) is 0 Å². The molecule has 0 unspecified atom stereocenters. The van der Waals surface area contributed by atoms with E-state index in [2.05, 4.69) is 51.7 Å². The lowest BCUT2D eigenvalue weighted by Gasteiger charge is -1.98. The maximum absolute atomic E-state index is 3.74. The first-order chi connectivity index (χ1) is 8.74. The fourth-order valence-corrected chi connectivity index (χ4v) is 1.84. The molecule has 0 saturated carbocycles. The van der Waals surface area contributed by atoms with Crippen molar-refractivity contribution in [2.75, 3.05) is 0 Å². The minimum absolute atomic E-state index is 1.07. The summed E-state index contributed by atoms with van der Waals surface area (Å²) in [5.74, 6) is 0. The Morgan fingerprint density at radius 2 is 1.67 bits per heavy atom. The zero-order valence-electron chi connectivity index (χ0n) is 12.5. The van der Waals surface area contributed by atoms with Gasteiger partial charge in [0.05, 0.1) is 0 Å². The molecule has 0 N–H and O–H groups in total. The lowest BCUT2D eigenvalue weighted by atomic mass is 10.1. The predicted octanol–water partition coefficient (Wildman–Crippen LogP) is 6.37. The average molecular weight is 246 g/mol. The Kier molecular flexibility index (Phi) is 11.7. The summed E-state index contributed by atoms with van der Waals surface area (Å²) >= 11 is 0. The highest BCUT2D eigenvalue weighted by atomic mass is 13.9. The first-order valence-electron chi connectivity index (χ1n) is 7.36. The van der Waals surface area contributed by atoms with Crippen LogP contribution in [0.2, 0.25) is 0 Å². The van der Waals surface area contributed by atoms with E-state index < -0.39 is 0 Å². The van der Waals surface area contributed by atoms with Crippen LogP contribution in [0.4, 0.5) is 0 Å². The van der Waals surface area contributed by atoms with Gasteiger partial charge in [0.15, 0.2) is 0 Å². The average Bonchev–Trinajstić information content (AvgIpc) is 2.39. The summed E-state index contributed by atoms with van der Waals surface area (Å²) < 4.78 is 0. The number of hydrogen-bond acceptors (Lipinski definition) is 0. The lowest BCUT2D eigenvalue weighted by Crippen LogP contribution is -1.77. The molecule has 0 aromatic carbocycles. The van der Waals surface area contributed by atoms with Gasteiger partial charge in [-0.2, -0.15) is 0 Å². The van der Waals surface area contributed by atoms with Crippen molar-refractivity contribution in [3.05, 3.63) is 48.1 Å². The quantitative estimate of drug-likeness (QED) is 0.238. The summed E-state index contributed by atoms with van der Waals surface area (Å²) in [5, 5.41) is 0. The highest BCUT2D eigenvalue weighted by molar-refractivity contribution is 5.17. The molecule has 0 aliphatic heterocycles. The predicted molar refractivity (Wildman–Crippen MR) is 84.8 cm³/mol. The Hall–Kier alpha value is -1.04. The fourth-order valence-electron chi connectivity index (χ4n) is 1.84. The topological polar surface area (TPSA) is 0 Å². The molecule has 0 bridgehead atoms. The van der Waals surface area contributed by atoms with Gasteiger partial charge in [0, 0.05) is 0 Å². The molecule has 0 saturated heterocycles. The van der Waals surface area contributed by atoms with E-state index in [0.717, 1.165) is 12.8 Å². The van der Waals surface area contributed by atoms with Crippen LogP contribution in [0.1, 0.15) is 65.7 Å². The Morgan fingerprint density at radius 3 is 2.28 bits per heavy atom. The van der Waals surface area contributed by atoms with Gasteiger partial charge in [-0.25, -0.2) is 0 Å². The van der Waals surface area contributed by atoms with E-state index in [9.17, 15) is 0 Å². The summed E-state index contributed by atoms with van der Waals surface area (Å²) in [4.78, 5) is 0. The minimum Gasteiger partial charge on any atom is -0.103 e. The molecule has 0 heteroatoms. The van der Waals surface area contributed by atoms with Gasteiger partial charge in [-0.3, -0.25) is 0 Å². The first-order valence-corrected chi connectivity index (χ1v) is 7.36. The SMILES string of the molecule is C=CCCCC/C=C/C(C)=C/CC=C(CC)CC. The molecule has 0 amide bonds. The van der Waals surface area contributed by atoms with Gasteiger partial charge < -0.3 is 0 Å². The number of unbranched alkanes of at least 4 members (excludes halogenated alkanes) is 3. The van der Waals surface area contributed by atoms with Gasteiger partial charge in [0.25, 0.3) is 0 Å². The van der Waals surface area contributed by atoms with Crippen LogP contribution in [0.25, 0.3) is 0 Å². The zero-order chi connectivity index (χ0) is 13.6. The lowest BCUT2D eigenvalue weighted by molar-refractivity contribution is 0.762. The van der Waals surface area contributed by atoms with Crippen molar-refractivity contribution in [2.24, 2.45) is 0 Å². The van der Waals surface area contributed by atoms with Crippen molar-refractivity contribution >= 4 is 0 Å². The molecular weight excluding hydrogens is 216 g/mol. The second-order valence-electron chi connectivity index (χ2n) is 4.73. The van der Waals surface area contributed by atoms with Crippen molar-refractivity contribution in [2.45, 2.75) is 65.7 Å². The van der Waals surface area contributed by atoms with E-state index >= 15 is 0 Å².